The maximum atomic E-state index is 12.5. The normalized spacial score (nSPS) is 18.9. The third kappa shape index (κ3) is 7.83. The summed E-state index contributed by atoms with van der Waals surface area (Å²) in [6, 6.07) is 7.36. The van der Waals surface area contributed by atoms with Gasteiger partial charge in [0.25, 0.3) is 11.8 Å². The van der Waals surface area contributed by atoms with Gasteiger partial charge in [-0.3, -0.25) is 9.59 Å². The van der Waals surface area contributed by atoms with E-state index in [1.165, 1.54) is 11.8 Å². The van der Waals surface area contributed by atoms with Crippen molar-refractivity contribution < 1.29 is 9.59 Å². The zero-order chi connectivity index (χ0) is 23.8. The number of carbonyl (C=O) groups excluding carboxylic acids is 2. The average Bonchev–Trinajstić information content (AvgIpc) is 2.76. The van der Waals surface area contributed by atoms with Crippen molar-refractivity contribution in [3.63, 3.8) is 0 Å². The van der Waals surface area contributed by atoms with Gasteiger partial charge in [-0.25, -0.2) is 4.99 Å². The third-order valence-corrected chi connectivity index (χ3v) is 6.50. The maximum Gasteiger partial charge on any atom is 0.283 e. The van der Waals surface area contributed by atoms with Crippen molar-refractivity contribution in [2.24, 2.45) is 16.8 Å². The summed E-state index contributed by atoms with van der Waals surface area (Å²) in [5, 5.41) is 3.11. The van der Waals surface area contributed by atoms with Gasteiger partial charge in [-0.2, -0.15) is 0 Å². The van der Waals surface area contributed by atoms with Crippen LogP contribution >= 0.6 is 11.8 Å². The fraction of sp³-hybridized carbons (Fsp3) is 0.444. The molecule has 1 N–H and O–H groups in total. The van der Waals surface area contributed by atoms with Crippen LogP contribution in [-0.4, -0.2) is 53.9 Å². The lowest BCUT2D eigenvalue weighted by atomic mass is 10.1. The van der Waals surface area contributed by atoms with E-state index in [1.54, 1.807) is 0 Å². The van der Waals surface area contributed by atoms with Gasteiger partial charge in [0.1, 0.15) is 0 Å². The first-order valence-corrected chi connectivity index (χ1v) is 12.7. The molecule has 0 radical (unpaired) electrons. The highest BCUT2D eigenvalue weighted by molar-refractivity contribution is 8.05. The standard InChI is InChI=1S/C27H35N3O2S/c1-19(2)17-30(18-20(3)4)15-7-14-28-26(31)22-12-10-21(11-13-22)16-25-27(32)29-23-8-5-6-9-24(23)33-25/h5-6,8-13,16,19-20,24H,7,14-15,17-18H2,1-4H3,(H,28,31)/b25-16+. The number of allylic oxidation sites excluding steroid dienone is 3. The second kappa shape index (κ2) is 12.1. The number of nitrogens with one attached hydrogen (secondary N) is 1. The van der Waals surface area contributed by atoms with Crippen molar-refractivity contribution in [3.05, 3.63) is 64.6 Å². The summed E-state index contributed by atoms with van der Waals surface area (Å²) in [5.74, 6) is 1.000. The van der Waals surface area contributed by atoms with Crippen LogP contribution in [0.3, 0.4) is 0 Å². The molecule has 2 amide bonds. The van der Waals surface area contributed by atoms with E-state index in [0.717, 1.165) is 37.3 Å². The van der Waals surface area contributed by atoms with E-state index in [2.05, 4.69) is 42.9 Å². The first kappa shape index (κ1) is 25.2. The van der Waals surface area contributed by atoms with E-state index in [9.17, 15) is 9.59 Å². The molecule has 33 heavy (non-hydrogen) atoms. The van der Waals surface area contributed by atoms with Crippen LogP contribution in [-0.2, 0) is 4.79 Å². The summed E-state index contributed by atoms with van der Waals surface area (Å²) in [5.41, 5.74) is 2.31. The fourth-order valence-electron chi connectivity index (χ4n) is 3.95. The largest absolute Gasteiger partial charge is 0.352 e. The number of benzene rings is 1. The summed E-state index contributed by atoms with van der Waals surface area (Å²) in [6.45, 7) is 12.8. The predicted molar refractivity (Wildman–Crippen MR) is 140 cm³/mol. The second-order valence-corrected chi connectivity index (χ2v) is 10.6. The van der Waals surface area contributed by atoms with Gasteiger partial charge >= 0.3 is 0 Å². The van der Waals surface area contributed by atoms with E-state index in [-0.39, 0.29) is 17.1 Å². The van der Waals surface area contributed by atoms with Crippen LogP contribution in [0.15, 0.2) is 58.5 Å². The highest BCUT2D eigenvalue weighted by atomic mass is 32.2. The van der Waals surface area contributed by atoms with Crippen molar-refractivity contribution in [2.45, 2.75) is 39.4 Å². The molecule has 0 aromatic heterocycles. The molecule has 0 fully saturated rings. The lowest BCUT2D eigenvalue weighted by molar-refractivity contribution is -0.113. The van der Waals surface area contributed by atoms with E-state index < -0.39 is 0 Å². The van der Waals surface area contributed by atoms with Gasteiger partial charge < -0.3 is 10.2 Å². The van der Waals surface area contributed by atoms with Gasteiger partial charge in [0.2, 0.25) is 0 Å². The monoisotopic (exact) mass is 465 g/mol. The number of hydrogen-bond donors (Lipinski definition) is 1. The first-order chi connectivity index (χ1) is 15.8. The Bertz CT molecular complexity index is 948. The van der Waals surface area contributed by atoms with E-state index in [1.807, 2.05) is 54.6 Å². The molecule has 0 saturated heterocycles. The summed E-state index contributed by atoms with van der Waals surface area (Å²) in [4.78, 5) is 32.2. The Morgan fingerprint density at radius 1 is 1.12 bits per heavy atom. The van der Waals surface area contributed by atoms with Crippen LogP contribution in [0.5, 0.6) is 0 Å². The van der Waals surface area contributed by atoms with Crippen LogP contribution in [0.25, 0.3) is 6.08 Å². The maximum absolute atomic E-state index is 12.5. The Kier molecular flexibility index (Phi) is 9.27. The molecule has 1 aromatic carbocycles. The zero-order valence-electron chi connectivity index (χ0n) is 20.1. The molecule has 1 heterocycles. The molecule has 176 valence electrons. The Hall–Kier alpha value is -2.44. The van der Waals surface area contributed by atoms with Gasteiger partial charge in [-0.05, 0) is 54.6 Å². The number of hydrogen-bond acceptors (Lipinski definition) is 4. The lowest BCUT2D eigenvalue weighted by Gasteiger charge is -2.26. The first-order valence-electron chi connectivity index (χ1n) is 11.8. The molecule has 1 aromatic rings. The summed E-state index contributed by atoms with van der Waals surface area (Å²) >= 11 is 1.51. The summed E-state index contributed by atoms with van der Waals surface area (Å²) in [6.07, 6.45) is 10.6. The van der Waals surface area contributed by atoms with Crippen LogP contribution in [0.4, 0.5) is 0 Å². The molecule has 1 unspecified atom stereocenters. The summed E-state index contributed by atoms with van der Waals surface area (Å²) in [7, 11) is 0. The molecule has 1 aliphatic carbocycles. The van der Waals surface area contributed by atoms with Crippen molar-refractivity contribution in [3.8, 4) is 0 Å². The highest BCUT2D eigenvalue weighted by Crippen LogP contribution is 2.32. The van der Waals surface area contributed by atoms with Gasteiger partial charge in [0, 0.05) is 25.2 Å². The number of fused-ring (bicyclic) bond motifs is 1. The third-order valence-electron chi connectivity index (χ3n) is 5.30. The van der Waals surface area contributed by atoms with Crippen LogP contribution in [0, 0.1) is 11.8 Å². The van der Waals surface area contributed by atoms with Gasteiger partial charge in [-0.1, -0.05) is 58.1 Å². The lowest BCUT2D eigenvalue weighted by Crippen LogP contribution is -2.34. The second-order valence-electron chi connectivity index (χ2n) is 9.41. The smallest absolute Gasteiger partial charge is 0.283 e. The Morgan fingerprint density at radius 3 is 2.48 bits per heavy atom. The topological polar surface area (TPSA) is 61.8 Å². The van der Waals surface area contributed by atoms with Gasteiger partial charge in [0.15, 0.2) is 0 Å². The number of nitrogens with zero attached hydrogens (tertiary/aromatic N) is 2. The van der Waals surface area contributed by atoms with E-state index in [0.29, 0.717) is 28.8 Å². The summed E-state index contributed by atoms with van der Waals surface area (Å²) < 4.78 is 0. The number of thioether (sulfide) groups is 1. The molecule has 5 nitrogen and oxygen atoms in total. The number of aliphatic imine (C=N–C) groups is 1. The molecule has 0 saturated carbocycles. The zero-order valence-corrected chi connectivity index (χ0v) is 20.9. The van der Waals surface area contributed by atoms with Crippen LogP contribution in [0.2, 0.25) is 0 Å². The Morgan fingerprint density at radius 2 is 1.82 bits per heavy atom. The minimum atomic E-state index is -0.211. The average molecular weight is 466 g/mol. The van der Waals surface area contributed by atoms with Crippen molar-refractivity contribution in [1.29, 1.82) is 0 Å². The molecular weight excluding hydrogens is 430 g/mol. The number of rotatable bonds is 10. The molecule has 1 aliphatic heterocycles. The van der Waals surface area contributed by atoms with Crippen LogP contribution < -0.4 is 5.32 Å². The minimum absolute atomic E-state index is 0.0649. The molecule has 0 spiro atoms. The minimum Gasteiger partial charge on any atom is -0.352 e. The number of amides is 2. The van der Waals surface area contributed by atoms with E-state index in [4.69, 9.17) is 0 Å². The van der Waals surface area contributed by atoms with Crippen LogP contribution in [0.1, 0.15) is 50.0 Å². The molecule has 2 aliphatic rings. The number of carbonyl (C=O) groups is 2. The Balaban J connectivity index is 1.50. The quantitative estimate of drug-likeness (QED) is 0.391. The van der Waals surface area contributed by atoms with Crippen molar-refractivity contribution in [1.82, 2.24) is 10.2 Å². The van der Waals surface area contributed by atoms with Gasteiger partial charge in [-0.15, -0.1) is 11.8 Å². The van der Waals surface area contributed by atoms with E-state index >= 15 is 0 Å². The van der Waals surface area contributed by atoms with Crippen molar-refractivity contribution >= 4 is 35.4 Å². The fourth-order valence-corrected chi connectivity index (χ4v) is 4.99. The highest BCUT2D eigenvalue weighted by Gasteiger charge is 2.25. The molecule has 6 heteroatoms. The molecule has 0 bridgehead atoms. The molecule has 3 rings (SSSR count). The SMILES string of the molecule is CC(C)CN(CCCNC(=O)c1ccc(/C=C2/SC3C=CC=CC3=NC2=O)cc1)CC(C)C. The molecular formula is C27H35N3O2S. The van der Waals surface area contributed by atoms with Crippen molar-refractivity contribution in [2.75, 3.05) is 26.2 Å². The molecule has 1 atom stereocenters. The predicted octanol–water partition coefficient (Wildman–Crippen LogP) is 4.97. The Labute approximate surface area is 202 Å². The van der Waals surface area contributed by atoms with Gasteiger partial charge in [0.05, 0.1) is 15.9 Å².